The molecule has 0 saturated heterocycles. The minimum absolute atomic E-state index is 0.0493. The number of alkyl halides is 3. The van der Waals surface area contributed by atoms with E-state index in [1.165, 1.54) is 12.2 Å². The third kappa shape index (κ3) is 1.73. The largest absolute Gasteiger partial charge is 0.290 e. The summed E-state index contributed by atoms with van der Waals surface area (Å²) >= 11 is 17.8. The molecule has 0 saturated carbocycles. The zero-order valence-electron chi connectivity index (χ0n) is 8.20. The van der Waals surface area contributed by atoms with Gasteiger partial charge in [0, 0.05) is 0 Å². The molecule has 1 rings (SSSR count). The van der Waals surface area contributed by atoms with E-state index in [0.29, 0.717) is 0 Å². The van der Waals surface area contributed by atoms with Gasteiger partial charge in [0.05, 0.1) is 5.41 Å². The molecular weight excluding hydrogens is 242 g/mol. The molecule has 0 amide bonds. The van der Waals surface area contributed by atoms with Crippen LogP contribution in [0.5, 0.6) is 0 Å². The van der Waals surface area contributed by atoms with E-state index in [1.54, 1.807) is 13.8 Å². The van der Waals surface area contributed by atoms with Crippen LogP contribution >= 0.6 is 34.8 Å². The summed E-state index contributed by atoms with van der Waals surface area (Å²) in [5, 5.41) is 0. The Bertz CT molecular complexity index is 312. The summed E-state index contributed by atoms with van der Waals surface area (Å²) in [6.07, 6.45) is 3.02. The van der Waals surface area contributed by atoms with Gasteiger partial charge in [-0.05, 0) is 32.9 Å². The fraction of sp³-hybridized carbons (Fsp3) is 0.500. The fourth-order valence-electron chi connectivity index (χ4n) is 1.52. The number of hydrogen-bond acceptors (Lipinski definition) is 1. The number of hydrogen-bond donors (Lipinski definition) is 0. The van der Waals surface area contributed by atoms with Crippen molar-refractivity contribution in [1.29, 1.82) is 0 Å². The number of allylic oxidation sites excluding steroid dienone is 4. The van der Waals surface area contributed by atoms with Crippen LogP contribution in [0.2, 0.25) is 0 Å². The van der Waals surface area contributed by atoms with Crippen LogP contribution in [0, 0.1) is 5.41 Å². The number of carbonyl (C=O) groups is 1. The maximum atomic E-state index is 11.2. The molecule has 78 valence electrons. The molecule has 0 aromatic heterocycles. The van der Waals surface area contributed by atoms with Gasteiger partial charge in [0.2, 0.25) is 3.79 Å². The first-order valence-corrected chi connectivity index (χ1v) is 5.31. The molecule has 0 N–H and O–H groups in total. The lowest BCUT2D eigenvalue weighted by Crippen LogP contribution is -2.37. The molecule has 0 fully saturated rings. The van der Waals surface area contributed by atoms with Gasteiger partial charge in [-0.3, -0.25) is 4.79 Å². The Morgan fingerprint density at radius 2 is 1.50 bits per heavy atom. The van der Waals surface area contributed by atoms with Crippen molar-refractivity contribution in [2.24, 2.45) is 5.41 Å². The summed E-state index contributed by atoms with van der Waals surface area (Å²) < 4.78 is -1.44. The molecule has 0 bridgehead atoms. The van der Waals surface area contributed by atoms with Crippen LogP contribution in [0.25, 0.3) is 0 Å². The molecule has 0 unspecified atom stereocenters. The van der Waals surface area contributed by atoms with Gasteiger partial charge in [-0.2, -0.15) is 0 Å². The molecule has 0 spiro atoms. The van der Waals surface area contributed by atoms with E-state index >= 15 is 0 Å². The first kappa shape index (κ1) is 12.1. The Kier molecular flexibility index (Phi) is 3.07. The minimum atomic E-state index is -1.44. The summed E-state index contributed by atoms with van der Waals surface area (Å²) in [5.74, 6) is -0.0493. The van der Waals surface area contributed by atoms with Crippen molar-refractivity contribution in [1.82, 2.24) is 0 Å². The van der Waals surface area contributed by atoms with E-state index in [1.807, 2.05) is 6.92 Å². The summed E-state index contributed by atoms with van der Waals surface area (Å²) in [5.41, 5.74) is 0.871. The van der Waals surface area contributed by atoms with Gasteiger partial charge in [-0.15, -0.1) is 0 Å². The van der Waals surface area contributed by atoms with Crippen molar-refractivity contribution in [3.05, 3.63) is 23.3 Å². The Morgan fingerprint density at radius 1 is 1.14 bits per heavy atom. The second kappa shape index (κ2) is 3.55. The monoisotopic (exact) mass is 252 g/mol. The van der Waals surface area contributed by atoms with Gasteiger partial charge in [0.25, 0.3) is 0 Å². The van der Waals surface area contributed by atoms with E-state index in [2.05, 4.69) is 0 Å². The number of halogens is 3. The summed E-state index contributed by atoms with van der Waals surface area (Å²) in [7, 11) is 0. The SMILES string of the molecule is CC1=CC(=O)C=C(C)C1(C)C(Cl)(Cl)Cl. The first-order chi connectivity index (χ1) is 6.19. The third-order valence-corrected chi connectivity index (χ3v) is 4.00. The highest BCUT2D eigenvalue weighted by atomic mass is 35.6. The molecule has 0 atom stereocenters. The maximum Gasteiger partial charge on any atom is 0.203 e. The molecule has 1 aliphatic carbocycles. The van der Waals surface area contributed by atoms with Crippen molar-refractivity contribution >= 4 is 40.6 Å². The minimum Gasteiger partial charge on any atom is -0.290 e. The van der Waals surface area contributed by atoms with Crippen molar-refractivity contribution in [3.63, 3.8) is 0 Å². The van der Waals surface area contributed by atoms with Crippen LogP contribution in [-0.4, -0.2) is 9.58 Å². The Hall–Kier alpha value is 0.0200. The van der Waals surface area contributed by atoms with Crippen molar-refractivity contribution in [2.75, 3.05) is 0 Å². The van der Waals surface area contributed by atoms with Crippen LogP contribution in [0.15, 0.2) is 23.3 Å². The highest BCUT2D eigenvalue weighted by molar-refractivity contribution is 6.68. The lowest BCUT2D eigenvalue weighted by atomic mass is 9.74. The van der Waals surface area contributed by atoms with Crippen LogP contribution < -0.4 is 0 Å². The summed E-state index contributed by atoms with van der Waals surface area (Å²) in [6, 6.07) is 0. The van der Waals surface area contributed by atoms with Gasteiger partial charge in [0.15, 0.2) is 5.78 Å². The smallest absolute Gasteiger partial charge is 0.203 e. The molecule has 0 radical (unpaired) electrons. The van der Waals surface area contributed by atoms with Crippen molar-refractivity contribution in [3.8, 4) is 0 Å². The quantitative estimate of drug-likeness (QED) is 0.600. The standard InChI is InChI=1S/C10H11Cl3O/c1-6-4-8(14)5-7(2)9(6,3)10(11,12)13/h4-5H,1-3H3. The fourth-order valence-corrected chi connectivity index (χ4v) is 2.41. The van der Waals surface area contributed by atoms with Crippen molar-refractivity contribution in [2.45, 2.75) is 24.6 Å². The highest BCUT2D eigenvalue weighted by Crippen LogP contribution is 2.54. The van der Waals surface area contributed by atoms with Crippen LogP contribution in [0.1, 0.15) is 20.8 Å². The number of carbonyl (C=O) groups excluding carboxylic acids is 1. The lowest BCUT2D eigenvalue weighted by molar-refractivity contribution is -0.110. The zero-order chi connectivity index (χ0) is 11.1. The molecule has 0 aromatic carbocycles. The zero-order valence-corrected chi connectivity index (χ0v) is 10.5. The first-order valence-electron chi connectivity index (χ1n) is 4.18. The Balaban J connectivity index is 3.30. The molecule has 1 aliphatic rings. The lowest BCUT2D eigenvalue weighted by Gasteiger charge is -2.39. The molecule has 0 aliphatic heterocycles. The topological polar surface area (TPSA) is 17.1 Å². The van der Waals surface area contributed by atoms with Gasteiger partial charge >= 0.3 is 0 Å². The number of ketones is 1. The van der Waals surface area contributed by atoms with Gasteiger partial charge in [0.1, 0.15) is 0 Å². The van der Waals surface area contributed by atoms with Crippen molar-refractivity contribution < 1.29 is 4.79 Å². The molecule has 0 aromatic rings. The second-order valence-electron chi connectivity index (χ2n) is 3.68. The van der Waals surface area contributed by atoms with Gasteiger partial charge in [-0.1, -0.05) is 45.9 Å². The highest BCUT2D eigenvalue weighted by Gasteiger charge is 2.48. The Labute approximate surface area is 98.7 Å². The molecule has 0 heterocycles. The van der Waals surface area contributed by atoms with Crippen LogP contribution in [0.3, 0.4) is 0 Å². The third-order valence-electron chi connectivity index (χ3n) is 2.86. The van der Waals surface area contributed by atoms with Crippen LogP contribution in [0.4, 0.5) is 0 Å². The average Bonchev–Trinajstić information content (AvgIpc) is 1.97. The van der Waals surface area contributed by atoms with Crippen LogP contribution in [-0.2, 0) is 4.79 Å². The van der Waals surface area contributed by atoms with E-state index in [9.17, 15) is 4.79 Å². The maximum absolute atomic E-state index is 11.2. The summed E-state index contributed by atoms with van der Waals surface area (Å²) in [6.45, 7) is 5.43. The van der Waals surface area contributed by atoms with E-state index in [4.69, 9.17) is 34.8 Å². The summed E-state index contributed by atoms with van der Waals surface area (Å²) in [4.78, 5) is 11.2. The molecular formula is C10H11Cl3O. The predicted molar refractivity (Wildman–Crippen MR) is 60.9 cm³/mol. The molecule has 1 nitrogen and oxygen atoms in total. The van der Waals surface area contributed by atoms with E-state index in [0.717, 1.165) is 11.1 Å². The molecule has 14 heavy (non-hydrogen) atoms. The Morgan fingerprint density at radius 3 is 1.79 bits per heavy atom. The predicted octanol–water partition coefficient (Wildman–Crippen LogP) is 3.84. The number of rotatable bonds is 0. The average molecular weight is 254 g/mol. The van der Waals surface area contributed by atoms with Gasteiger partial charge in [-0.25, -0.2) is 0 Å². The van der Waals surface area contributed by atoms with E-state index < -0.39 is 9.21 Å². The normalized spacial score (nSPS) is 21.7. The van der Waals surface area contributed by atoms with Gasteiger partial charge < -0.3 is 0 Å². The molecule has 4 heteroatoms. The van der Waals surface area contributed by atoms with E-state index in [-0.39, 0.29) is 5.78 Å². The second-order valence-corrected chi connectivity index (χ2v) is 5.96.